The third kappa shape index (κ3) is 3.42. The second-order valence-corrected chi connectivity index (χ2v) is 5.30. The van der Waals surface area contributed by atoms with Crippen molar-refractivity contribution >= 4 is 5.71 Å². The van der Waals surface area contributed by atoms with E-state index >= 15 is 0 Å². The van der Waals surface area contributed by atoms with Gasteiger partial charge in [-0.2, -0.15) is 0 Å². The SMILES string of the molecule is C=C(C)/C(=C\C=C/C)C(C)(C)C1=NCCCC1. The first-order valence-electron chi connectivity index (χ1n) is 6.53. The molecule has 0 spiro atoms. The van der Waals surface area contributed by atoms with Crippen LogP contribution in [0.5, 0.6) is 0 Å². The van der Waals surface area contributed by atoms with Gasteiger partial charge in [0.05, 0.1) is 0 Å². The molecule has 0 saturated carbocycles. The molecule has 0 atom stereocenters. The molecule has 0 bridgehead atoms. The number of aliphatic imine (C=N–C) groups is 1. The van der Waals surface area contributed by atoms with Crippen molar-refractivity contribution in [3.8, 4) is 0 Å². The van der Waals surface area contributed by atoms with Crippen LogP contribution in [-0.2, 0) is 0 Å². The predicted molar refractivity (Wildman–Crippen MR) is 77.6 cm³/mol. The van der Waals surface area contributed by atoms with E-state index in [-0.39, 0.29) is 5.41 Å². The summed E-state index contributed by atoms with van der Waals surface area (Å²) >= 11 is 0. The van der Waals surface area contributed by atoms with Crippen molar-refractivity contribution in [1.82, 2.24) is 0 Å². The summed E-state index contributed by atoms with van der Waals surface area (Å²) in [5, 5.41) is 0. The van der Waals surface area contributed by atoms with Crippen LogP contribution in [0.3, 0.4) is 0 Å². The highest BCUT2D eigenvalue weighted by atomic mass is 14.8. The molecular formula is C16H25N. The van der Waals surface area contributed by atoms with E-state index in [2.05, 4.69) is 45.6 Å². The lowest BCUT2D eigenvalue weighted by atomic mass is 9.74. The van der Waals surface area contributed by atoms with Crippen molar-refractivity contribution in [2.45, 2.75) is 47.0 Å². The Balaban J connectivity index is 3.07. The van der Waals surface area contributed by atoms with Crippen molar-refractivity contribution in [3.05, 3.63) is 36.0 Å². The average Bonchev–Trinajstić information content (AvgIpc) is 2.30. The van der Waals surface area contributed by atoms with Gasteiger partial charge < -0.3 is 0 Å². The van der Waals surface area contributed by atoms with Crippen molar-refractivity contribution < 1.29 is 0 Å². The van der Waals surface area contributed by atoms with E-state index in [0.29, 0.717) is 0 Å². The molecule has 0 aromatic rings. The zero-order valence-corrected chi connectivity index (χ0v) is 11.7. The maximum Gasteiger partial charge on any atom is 0.0389 e. The molecule has 0 unspecified atom stereocenters. The Kier molecular flexibility index (Phi) is 4.92. The van der Waals surface area contributed by atoms with Crippen LogP contribution in [0.4, 0.5) is 0 Å². The van der Waals surface area contributed by atoms with Crippen LogP contribution in [0.25, 0.3) is 0 Å². The first-order chi connectivity index (χ1) is 8.00. The first-order valence-corrected chi connectivity index (χ1v) is 6.53. The molecule has 17 heavy (non-hydrogen) atoms. The molecule has 0 aromatic heterocycles. The standard InChI is InChI=1S/C16H25N/c1-6-7-10-14(13(2)3)16(4,5)15-11-8-9-12-17-15/h6-7,10H,2,8-9,11-12H2,1,3-5H3/b7-6-,14-10+. The Morgan fingerprint density at radius 3 is 2.53 bits per heavy atom. The van der Waals surface area contributed by atoms with Gasteiger partial charge in [0.15, 0.2) is 0 Å². The summed E-state index contributed by atoms with van der Waals surface area (Å²) in [4.78, 5) is 4.72. The van der Waals surface area contributed by atoms with E-state index < -0.39 is 0 Å². The lowest BCUT2D eigenvalue weighted by Gasteiger charge is -2.32. The van der Waals surface area contributed by atoms with Crippen LogP contribution < -0.4 is 0 Å². The lowest BCUT2D eigenvalue weighted by Crippen LogP contribution is -2.29. The Labute approximate surface area is 106 Å². The second-order valence-electron chi connectivity index (χ2n) is 5.30. The third-order valence-electron chi connectivity index (χ3n) is 3.43. The molecule has 1 aliphatic heterocycles. The Hall–Kier alpha value is -1.11. The van der Waals surface area contributed by atoms with Gasteiger partial charge in [-0.1, -0.05) is 44.2 Å². The second kappa shape index (κ2) is 6.00. The quantitative estimate of drug-likeness (QED) is 0.621. The molecular weight excluding hydrogens is 206 g/mol. The smallest absolute Gasteiger partial charge is 0.0389 e. The van der Waals surface area contributed by atoms with Gasteiger partial charge in [-0.25, -0.2) is 0 Å². The maximum absolute atomic E-state index is 4.72. The highest BCUT2D eigenvalue weighted by molar-refractivity contribution is 5.93. The van der Waals surface area contributed by atoms with Crippen LogP contribution in [0.2, 0.25) is 0 Å². The molecule has 0 fully saturated rings. The zero-order chi connectivity index (χ0) is 12.9. The molecule has 0 N–H and O–H groups in total. The Bertz CT molecular complexity index is 367. The van der Waals surface area contributed by atoms with Crippen LogP contribution in [0.1, 0.15) is 47.0 Å². The molecule has 1 nitrogen and oxygen atoms in total. The van der Waals surface area contributed by atoms with Crippen LogP contribution in [0, 0.1) is 5.41 Å². The van der Waals surface area contributed by atoms with E-state index in [1.165, 1.54) is 24.1 Å². The fourth-order valence-electron chi connectivity index (χ4n) is 2.44. The fraction of sp³-hybridized carbons (Fsp3) is 0.562. The number of nitrogens with zero attached hydrogens (tertiary/aromatic N) is 1. The Morgan fingerprint density at radius 2 is 2.06 bits per heavy atom. The van der Waals surface area contributed by atoms with E-state index in [1.54, 1.807) is 0 Å². The van der Waals surface area contributed by atoms with Crippen molar-refractivity contribution in [2.24, 2.45) is 10.4 Å². The molecule has 0 radical (unpaired) electrons. The minimum Gasteiger partial charge on any atom is -0.293 e. The van der Waals surface area contributed by atoms with Gasteiger partial charge in [0.25, 0.3) is 0 Å². The van der Waals surface area contributed by atoms with Crippen molar-refractivity contribution in [2.75, 3.05) is 6.54 Å². The molecule has 1 heterocycles. The molecule has 0 aliphatic carbocycles. The average molecular weight is 231 g/mol. The van der Waals surface area contributed by atoms with Crippen LogP contribution in [-0.4, -0.2) is 12.3 Å². The molecule has 1 aliphatic rings. The molecule has 0 aromatic carbocycles. The van der Waals surface area contributed by atoms with Gasteiger partial charge in [0.1, 0.15) is 0 Å². The van der Waals surface area contributed by atoms with Gasteiger partial charge in [-0.3, -0.25) is 4.99 Å². The van der Waals surface area contributed by atoms with Crippen LogP contribution >= 0.6 is 0 Å². The molecule has 0 saturated heterocycles. The molecule has 1 heteroatoms. The Morgan fingerprint density at radius 1 is 1.35 bits per heavy atom. The number of hydrogen-bond acceptors (Lipinski definition) is 1. The largest absolute Gasteiger partial charge is 0.293 e. The maximum atomic E-state index is 4.72. The van der Waals surface area contributed by atoms with Crippen molar-refractivity contribution in [3.63, 3.8) is 0 Å². The van der Waals surface area contributed by atoms with E-state index in [0.717, 1.165) is 18.5 Å². The van der Waals surface area contributed by atoms with Gasteiger partial charge >= 0.3 is 0 Å². The van der Waals surface area contributed by atoms with Gasteiger partial charge in [0.2, 0.25) is 0 Å². The minimum absolute atomic E-state index is 0.0196. The minimum atomic E-state index is 0.0196. The lowest BCUT2D eigenvalue weighted by molar-refractivity contribution is 0.586. The van der Waals surface area contributed by atoms with E-state index in [9.17, 15) is 0 Å². The third-order valence-corrected chi connectivity index (χ3v) is 3.43. The van der Waals surface area contributed by atoms with Crippen LogP contribution in [0.15, 0.2) is 40.9 Å². The summed E-state index contributed by atoms with van der Waals surface area (Å²) in [6.07, 6.45) is 9.97. The summed E-state index contributed by atoms with van der Waals surface area (Å²) < 4.78 is 0. The van der Waals surface area contributed by atoms with Gasteiger partial charge in [-0.15, -0.1) is 0 Å². The fourth-order valence-corrected chi connectivity index (χ4v) is 2.44. The summed E-state index contributed by atoms with van der Waals surface area (Å²) in [5.74, 6) is 0. The number of rotatable bonds is 4. The summed E-state index contributed by atoms with van der Waals surface area (Å²) in [5.41, 5.74) is 3.80. The molecule has 94 valence electrons. The first kappa shape index (κ1) is 14.0. The predicted octanol–water partition coefficient (Wildman–Crippen LogP) is 4.72. The normalized spacial score (nSPS) is 18.4. The summed E-state index contributed by atoms with van der Waals surface area (Å²) in [7, 11) is 0. The van der Waals surface area contributed by atoms with E-state index in [4.69, 9.17) is 4.99 Å². The summed E-state index contributed by atoms with van der Waals surface area (Å²) in [6, 6.07) is 0. The topological polar surface area (TPSA) is 12.4 Å². The molecule has 0 amide bonds. The van der Waals surface area contributed by atoms with Gasteiger partial charge in [-0.05, 0) is 38.7 Å². The van der Waals surface area contributed by atoms with Gasteiger partial charge in [0, 0.05) is 17.7 Å². The highest BCUT2D eigenvalue weighted by Crippen LogP contribution is 2.35. The number of hydrogen-bond donors (Lipinski definition) is 0. The highest BCUT2D eigenvalue weighted by Gasteiger charge is 2.30. The van der Waals surface area contributed by atoms with E-state index in [1.807, 2.05) is 6.92 Å². The number of allylic oxidation sites excluding steroid dienone is 5. The zero-order valence-electron chi connectivity index (χ0n) is 11.7. The summed E-state index contributed by atoms with van der Waals surface area (Å²) in [6.45, 7) is 13.8. The molecule has 1 rings (SSSR count). The monoisotopic (exact) mass is 231 g/mol. The van der Waals surface area contributed by atoms with Crippen molar-refractivity contribution in [1.29, 1.82) is 0 Å².